The summed E-state index contributed by atoms with van der Waals surface area (Å²) in [6.07, 6.45) is 2.89. The number of benzene rings is 1. The molecule has 3 aromatic rings. The van der Waals surface area contributed by atoms with E-state index in [-0.39, 0.29) is 17.7 Å². The number of amides is 2. The molecule has 0 bridgehead atoms. The molecule has 2 amide bonds. The van der Waals surface area contributed by atoms with Gasteiger partial charge in [-0.25, -0.2) is 4.98 Å². The van der Waals surface area contributed by atoms with Gasteiger partial charge in [0.15, 0.2) is 5.82 Å². The summed E-state index contributed by atoms with van der Waals surface area (Å²) in [5.41, 5.74) is 1.55. The van der Waals surface area contributed by atoms with Gasteiger partial charge in [-0.1, -0.05) is 18.2 Å². The van der Waals surface area contributed by atoms with Gasteiger partial charge in [-0.15, -0.1) is 11.3 Å². The zero-order valence-electron chi connectivity index (χ0n) is 14.1. The minimum atomic E-state index is -0.115. The number of nitrogens with one attached hydrogen (secondary N) is 1. The number of hydrogen-bond acceptors (Lipinski definition) is 5. The number of carbonyl (C=O) groups excluding carboxylic acids is 2. The maximum absolute atomic E-state index is 12.5. The van der Waals surface area contributed by atoms with E-state index in [1.54, 1.807) is 6.20 Å². The van der Waals surface area contributed by atoms with Crippen LogP contribution in [-0.2, 0) is 4.79 Å². The van der Waals surface area contributed by atoms with E-state index in [2.05, 4.69) is 15.3 Å². The number of fused-ring (bicyclic) bond motifs is 1. The lowest BCUT2D eigenvalue weighted by Crippen LogP contribution is -2.41. The number of aromatic nitrogens is 2. The highest BCUT2D eigenvalue weighted by atomic mass is 32.1. The number of anilines is 1. The standard InChI is InChI=1S/C19H18N4O2S/c24-18(22-17-12-20-14-4-1-2-5-15(14)21-17)13-7-9-23(10-8-13)19(25)16-6-3-11-26-16/h1-6,11-13H,7-10H2,(H,21,22,24). The number of carbonyl (C=O) groups is 2. The molecule has 0 saturated carbocycles. The molecule has 1 fully saturated rings. The third kappa shape index (κ3) is 3.43. The van der Waals surface area contributed by atoms with Crippen molar-refractivity contribution in [2.24, 2.45) is 5.92 Å². The first-order valence-corrected chi connectivity index (χ1v) is 9.44. The second-order valence-electron chi connectivity index (χ2n) is 6.28. The number of likely N-dealkylation sites (tertiary alicyclic amines) is 1. The van der Waals surface area contributed by atoms with Gasteiger partial charge in [-0.3, -0.25) is 14.6 Å². The number of piperidine rings is 1. The summed E-state index contributed by atoms with van der Waals surface area (Å²) in [7, 11) is 0. The van der Waals surface area contributed by atoms with Crippen LogP contribution in [-0.4, -0.2) is 39.8 Å². The first-order valence-electron chi connectivity index (χ1n) is 8.56. The molecule has 1 aliphatic rings. The second-order valence-corrected chi connectivity index (χ2v) is 7.22. The quantitative estimate of drug-likeness (QED) is 0.772. The van der Waals surface area contributed by atoms with Crippen molar-refractivity contribution in [2.75, 3.05) is 18.4 Å². The molecule has 0 atom stereocenters. The summed E-state index contributed by atoms with van der Waals surface area (Å²) in [5, 5.41) is 4.76. The molecule has 7 heteroatoms. The van der Waals surface area contributed by atoms with Crippen molar-refractivity contribution in [3.05, 3.63) is 52.9 Å². The summed E-state index contributed by atoms with van der Waals surface area (Å²) in [4.78, 5) is 36.2. The minimum absolute atomic E-state index is 0.0549. The molecule has 1 saturated heterocycles. The van der Waals surface area contributed by atoms with Crippen LogP contribution in [0.1, 0.15) is 22.5 Å². The molecule has 1 N–H and O–H groups in total. The van der Waals surface area contributed by atoms with Crippen LogP contribution in [0.15, 0.2) is 48.0 Å². The molecule has 1 aromatic carbocycles. The molecular weight excluding hydrogens is 348 g/mol. The average Bonchev–Trinajstić information content (AvgIpc) is 3.22. The number of hydrogen-bond donors (Lipinski definition) is 1. The number of para-hydroxylation sites is 2. The van der Waals surface area contributed by atoms with E-state index in [1.165, 1.54) is 11.3 Å². The zero-order chi connectivity index (χ0) is 17.9. The summed E-state index contributed by atoms with van der Waals surface area (Å²) in [6.45, 7) is 1.19. The van der Waals surface area contributed by atoms with E-state index >= 15 is 0 Å². The Bertz CT molecular complexity index is 934. The largest absolute Gasteiger partial charge is 0.338 e. The Morgan fingerprint density at radius 2 is 1.85 bits per heavy atom. The molecule has 1 aliphatic heterocycles. The first-order chi connectivity index (χ1) is 12.7. The third-order valence-electron chi connectivity index (χ3n) is 4.58. The van der Waals surface area contributed by atoms with Crippen molar-refractivity contribution >= 4 is 40.0 Å². The molecule has 0 radical (unpaired) electrons. The third-order valence-corrected chi connectivity index (χ3v) is 5.44. The van der Waals surface area contributed by atoms with E-state index in [0.29, 0.717) is 31.7 Å². The van der Waals surface area contributed by atoms with Gasteiger partial charge in [0.25, 0.3) is 5.91 Å². The molecule has 26 heavy (non-hydrogen) atoms. The van der Waals surface area contributed by atoms with E-state index in [4.69, 9.17) is 0 Å². The highest BCUT2D eigenvalue weighted by molar-refractivity contribution is 7.12. The van der Waals surface area contributed by atoms with Gasteiger partial charge in [-0.2, -0.15) is 0 Å². The van der Waals surface area contributed by atoms with Crippen molar-refractivity contribution < 1.29 is 9.59 Å². The maximum atomic E-state index is 12.5. The SMILES string of the molecule is O=C(Nc1cnc2ccccc2n1)C1CCN(C(=O)c2cccs2)CC1. The van der Waals surface area contributed by atoms with E-state index in [9.17, 15) is 9.59 Å². The fraction of sp³-hybridized carbons (Fsp3) is 0.263. The van der Waals surface area contributed by atoms with Crippen LogP contribution in [0.2, 0.25) is 0 Å². The Labute approximate surface area is 154 Å². The molecule has 2 aromatic heterocycles. The Kier molecular flexibility index (Phi) is 4.62. The van der Waals surface area contributed by atoms with Crippen LogP contribution in [0.5, 0.6) is 0 Å². The van der Waals surface area contributed by atoms with Crippen molar-refractivity contribution in [1.29, 1.82) is 0 Å². The zero-order valence-corrected chi connectivity index (χ0v) is 14.9. The molecule has 0 spiro atoms. The molecule has 132 valence electrons. The highest BCUT2D eigenvalue weighted by Crippen LogP contribution is 2.22. The Morgan fingerprint density at radius 1 is 1.08 bits per heavy atom. The van der Waals surface area contributed by atoms with E-state index in [1.807, 2.05) is 46.7 Å². The summed E-state index contributed by atoms with van der Waals surface area (Å²) >= 11 is 1.45. The minimum Gasteiger partial charge on any atom is -0.338 e. The Hall–Kier alpha value is -2.80. The molecule has 6 nitrogen and oxygen atoms in total. The maximum Gasteiger partial charge on any atom is 0.263 e. The predicted molar refractivity (Wildman–Crippen MR) is 101 cm³/mol. The predicted octanol–water partition coefficient (Wildman–Crippen LogP) is 3.18. The lowest BCUT2D eigenvalue weighted by molar-refractivity contribution is -0.121. The van der Waals surface area contributed by atoms with Crippen LogP contribution in [0, 0.1) is 5.92 Å². The molecular formula is C19H18N4O2S. The molecule has 4 rings (SSSR count). The van der Waals surface area contributed by atoms with Crippen molar-refractivity contribution in [3.63, 3.8) is 0 Å². The number of rotatable bonds is 3. The summed E-state index contributed by atoms with van der Waals surface area (Å²) in [6, 6.07) is 11.3. The van der Waals surface area contributed by atoms with Crippen molar-refractivity contribution in [2.45, 2.75) is 12.8 Å². The lowest BCUT2D eigenvalue weighted by atomic mass is 9.96. The normalized spacial score (nSPS) is 15.2. The Balaban J connectivity index is 1.36. The van der Waals surface area contributed by atoms with Gasteiger partial charge in [0.2, 0.25) is 5.91 Å². The monoisotopic (exact) mass is 366 g/mol. The van der Waals surface area contributed by atoms with Gasteiger partial charge in [0.1, 0.15) is 0 Å². The first kappa shape index (κ1) is 16.7. The van der Waals surface area contributed by atoms with Crippen LogP contribution in [0.25, 0.3) is 11.0 Å². The molecule has 0 aliphatic carbocycles. The van der Waals surface area contributed by atoms with Gasteiger partial charge in [0.05, 0.1) is 22.1 Å². The van der Waals surface area contributed by atoms with Gasteiger partial charge in [-0.05, 0) is 36.4 Å². The Morgan fingerprint density at radius 3 is 2.58 bits per heavy atom. The molecule has 3 heterocycles. The smallest absolute Gasteiger partial charge is 0.263 e. The van der Waals surface area contributed by atoms with Gasteiger partial charge in [0, 0.05) is 19.0 Å². The topological polar surface area (TPSA) is 75.2 Å². The van der Waals surface area contributed by atoms with Gasteiger partial charge >= 0.3 is 0 Å². The summed E-state index contributed by atoms with van der Waals surface area (Å²) in [5.74, 6) is 0.346. The second kappa shape index (κ2) is 7.21. The fourth-order valence-electron chi connectivity index (χ4n) is 3.15. The molecule has 0 unspecified atom stereocenters. The summed E-state index contributed by atoms with van der Waals surface area (Å²) < 4.78 is 0. The average molecular weight is 366 g/mol. The number of nitrogens with zero attached hydrogens (tertiary/aromatic N) is 3. The fourth-order valence-corrected chi connectivity index (χ4v) is 3.84. The van der Waals surface area contributed by atoms with Gasteiger partial charge < -0.3 is 10.2 Å². The lowest BCUT2D eigenvalue weighted by Gasteiger charge is -2.31. The number of thiophene rings is 1. The van der Waals surface area contributed by atoms with E-state index < -0.39 is 0 Å². The van der Waals surface area contributed by atoms with Crippen LogP contribution >= 0.6 is 11.3 Å². The van der Waals surface area contributed by atoms with Crippen LogP contribution < -0.4 is 5.32 Å². The van der Waals surface area contributed by atoms with Crippen LogP contribution in [0.3, 0.4) is 0 Å². The highest BCUT2D eigenvalue weighted by Gasteiger charge is 2.28. The van der Waals surface area contributed by atoms with Crippen molar-refractivity contribution in [3.8, 4) is 0 Å². The van der Waals surface area contributed by atoms with E-state index in [0.717, 1.165) is 15.9 Å². The van der Waals surface area contributed by atoms with Crippen LogP contribution in [0.4, 0.5) is 5.82 Å². The van der Waals surface area contributed by atoms with Crippen molar-refractivity contribution in [1.82, 2.24) is 14.9 Å².